The van der Waals surface area contributed by atoms with Gasteiger partial charge in [-0.1, -0.05) is 32.1 Å². The van der Waals surface area contributed by atoms with E-state index in [1.54, 1.807) is 0 Å². The number of nitrogens with zero attached hydrogens (tertiary/aromatic N) is 3. The smallest absolute Gasteiger partial charge is 0.476 e. The summed E-state index contributed by atoms with van der Waals surface area (Å²) in [5.74, 6) is -1.67. The Morgan fingerprint density at radius 3 is 2.57 bits per heavy atom. The predicted octanol–water partition coefficient (Wildman–Crippen LogP) is 2.37. The van der Waals surface area contributed by atoms with E-state index in [4.69, 9.17) is 15.2 Å². The molecular weight excluding hydrogens is 517 g/mol. The van der Waals surface area contributed by atoms with E-state index in [1.165, 1.54) is 33.4 Å². The molecule has 2 aliphatic heterocycles. The van der Waals surface area contributed by atoms with Crippen LogP contribution >= 0.6 is 0 Å². The minimum Gasteiger partial charge on any atom is -0.476 e. The number of hydrogen-bond acceptors (Lipinski definition) is 8. The summed E-state index contributed by atoms with van der Waals surface area (Å²) in [5, 5.41) is 0. The molecule has 0 amide bonds. The van der Waals surface area contributed by atoms with E-state index in [0.717, 1.165) is 25.7 Å². The summed E-state index contributed by atoms with van der Waals surface area (Å²) in [6.07, 6.45) is 0.751. The maximum atomic E-state index is 13.5. The van der Waals surface area contributed by atoms with Crippen LogP contribution in [0, 0.1) is 11.8 Å². The van der Waals surface area contributed by atoms with Crippen LogP contribution < -0.4 is 10.5 Å². The van der Waals surface area contributed by atoms with Crippen LogP contribution in [-0.4, -0.2) is 79.7 Å². The van der Waals surface area contributed by atoms with Crippen molar-refractivity contribution in [2.24, 2.45) is 17.6 Å². The van der Waals surface area contributed by atoms with Gasteiger partial charge >= 0.3 is 12.1 Å². The fourth-order valence-electron chi connectivity index (χ4n) is 5.34. The van der Waals surface area contributed by atoms with Crippen LogP contribution in [0.25, 0.3) is 0 Å². The maximum Gasteiger partial charge on any atom is 0.490 e. The zero-order valence-electron chi connectivity index (χ0n) is 20.4. The molecule has 3 heterocycles. The predicted molar refractivity (Wildman–Crippen MR) is 125 cm³/mol. The highest BCUT2D eigenvalue weighted by atomic mass is 32.2. The van der Waals surface area contributed by atoms with Crippen molar-refractivity contribution in [1.29, 1.82) is 0 Å². The van der Waals surface area contributed by atoms with Crippen molar-refractivity contribution in [2.75, 3.05) is 39.5 Å². The number of morpholine rings is 1. The summed E-state index contributed by atoms with van der Waals surface area (Å²) < 4.78 is 82.9. The van der Waals surface area contributed by atoms with Gasteiger partial charge in [-0.15, -0.1) is 0 Å². The summed E-state index contributed by atoms with van der Waals surface area (Å²) in [7, 11) is -3.73. The van der Waals surface area contributed by atoms with Gasteiger partial charge in [-0.3, -0.25) is 5.73 Å². The SMILES string of the molecule is NC(OC(=O)C(F)(F)F)c1ccnc(OC[C@@H]2CC(C3CCCCC3)CN2S(=O)(=O)N2CCOCC2)c1. The molecule has 1 aromatic rings. The van der Waals surface area contributed by atoms with E-state index >= 15 is 0 Å². The summed E-state index contributed by atoms with van der Waals surface area (Å²) in [6, 6.07) is 2.16. The molecule has 4 rings (SSSR count). The lowest BCUT2D eigenvalue weighted by molar-refractivity contribution is -0.205. The van der Waals surface area contributed by atoms with Crippen LogP contribution in [0.3, 0.4) is 0 Å². The lowest BCUT2D eigenvalue weighted by Gasteiger charge is -2.33. The first kappa shape index (κ1) is 28.0. The van der Waals surface area contributed by atoms with Crippen molar-refractivity contribution in [3.05, 3.63) is 23.9 Å². The third-order valence-electron chi connectivity index (χ3n) is 7.28. The van der Waals surface area contributed by atoms with Crippen molar-refractivity contribution >= 4 is 16.2 Å². The molecule has 1 aliphatic carbocycles. The minimum absolute atomic E-state index is 0.0147. The number of carbonyl (C=O) groups excluding carboxylic acids is 1. The summed E-state index contributed by atoms with van der Waals surface area (Å²) in [5.41, 5.74) is 5.67. The number of esters is 1. The van der Waals surface area contributed by atoms with Crippen molar-refractivity contribution in [1.82, 2.24) is 13.6 Å². The molecule has 3 fully saturated rings. The molecule has 2 saturated heterocycles. The molecule has 0 spiro atoms. The Morgan fingerprint density at radius 2 is 1.89 bits per heavy atom. The average molecular weight is 551 g/mol. The standard InChI is InChI=1S/C23H33F3N4O6S/c24-23(25,26)22(31)36-21(27)17-6-7-28-20(13-17)35-15-19-12-18(16-4-2-1-3-5-16)14-30(19)37(32,33)29-8-10-34-11-9-29/h6-7,13,16,18-19,21H,1-5,8-12,14-15,27H2/t18?,19-,21?/m0/s1. The van der Waals surface area contributed by atoms with Crippen molar-refractivity contribution in [3.63, 3.8) is 0 Å². The van der Waals surface area contributed by atoms with Crippen LogP contribution in [0.4, 0.5) is 13.2 Å². The second kappa shape index (κ2) is 11.8. The zero-order valence-corrected chi connectivity index (χ0v) is 21.3. The zero-order chi connectivity index (χ0) is 26.6. The molecule has 10 nitrogen and oxygen atoms in total. The first-order valence-electron chi connectivity index (χ1n) is 12.5. The largest absolute Gasteiger partial charge is 0.490 e. The van der Waals surface area contributed by atoms with Crippen molar-refractivity contribution in [3.8, 4) is 5.88 Å². The molecule has 0 bridgehead atoms. The highest BCUT2D eigenvalue weighted by Crippen LogP contribution is 2.39. The molecule has 1 aromatic heterocycles. The number of ether oxygens (including phenoxy) is 3. The van der Waals surface area contributed by atoms with E-state index in [0.29, 0.717) is 45.2 Å². The monoisotopic (exact) mass is 550 g/mol. The van der Waals surface area contributed by atoms with Gasteiger partial charge in [-0.2, -0.15) is 30.2 Å². The van der Waals surface area contributed by atoms with Gasteiger partial charge in [0.05, 0.1) is 19.3 Å². The molecule has 3 atom stereocenters. The van der Waals surface area contributed by atoms with Gasteiger partial charge in [0.25, 0.3) is 10.2 Å². The highest BCUT2D eigenvalue weighted by molar-refractivity contribution is 7.86. The molecule has 2 N–H and O–H groups in total. The molecule has 0 aromatic carbocycles. The minimum atomic E-state index is -5.17. The first-order valence-corrected chi connectivity index (χ1v) is 13.9. The number of rotatable bonds is 8. The van der Waals surface area contributed by atoms with E-state index in [9.17, 15) is 26.4 Å². The Hall–Kier alpha value is -2.00. The van der Waals surface area contributed by atoms with Gasteiger partial charge < -0.3 is 14.2 Å². The Labute approximate surface area is 214 Å². The van der Waals surface area contributed by atoms with Crippen LogP contribution in [0.5, 0.6) is 5.88 Å². The van der Waals surface area contributed by atoms with E-state index < -0.39 is 34.6 Å². The fraction of sp³-hybridized carbons (Fsp3) is 0.739. The van der Waals surface area contributed by atoms with Crippen LogP contribution in [0.15, 0.2) is 18.3 Å². The summed E-state index contributed by atoms with van der Waals surface area (Å²) in [4.78, 5) is 15.2. The lowest BCUT2D eigenvalue weighted by Crippen LogP contribution is -2.51. The molecule has 1 saturated carbocycles. The Kier molecular flexibility index (Phi) is 8.94. The summed E-state index contributed by atoms with van der Waals surface area (Å²) in [6.45, 7) is 1.70. The molecule has 2 unspecified atom stereocenters. The van der Waals surface area contributed by atoms with E-state index in [-0.39, 0.29) is 24.0 Å². The van der Waals surface area contributed by atoms with Gasteiger partial charge in [-0.05, 0) is 24.3 Å². The van der Waals surface area contributed by atoms with Gasteiger partial charge in [0.15, 0.2) is 6.23 Å². The molecule has 3 aliphatic rings. The second-order valence-corrected chi connectivity index (χ2v) is 11.6. The van der Waals surface area contributed by atoms with Crippen LogP contribution in [-0.2, 0) is 24.5 Å². The van der Waals surface area contributed by atoms with Gasteiger partial charge in [0.1, 0.15) is 6.61 Å². The van der Waals surface area contributed by atoms with Crippen LogP contribution in [0.1, 0.15) is 50.3 Å². The Balaban J connectivity index is 1.45. The number of hydrogen-bond donors (Lipinski definition) is 1. The molecule has 208 valence electrons. The van der Waals surface area contributed by atoms with Crippen LogP contribution in [0.2, 0.25) is 0 Å². The number of aromatic nitrogens is 1. The van der Waals surface area contributed by atoms with Crippen molar-refractivity contribution in [2.45, 2.75) is 57.0 Å². The normalized spacial score (nSPS) is 25.6. The maximum absolute atomic E-state index is 13.5. The lowest BCUT2D eigenvalue weighted by atomic mass is 9.79. The number of alkyl halides is 3. The molecule has 14 heteroatoms. The Morgan fingerprint density at radius 1 is 1.19 bits per heavy atom. The average Bonchev–Trinajstić information content (AvgIpc) is 3.33. The third kappa shape index (κ3) is 6.91. The van der Waals surface area contributed by atoms with Gasteiger partial charge in [0, 0.05) is 37.5 Å². The van der Waals surface area contributed by atoms with E-state index in [1.807, 2.05) is 0 Å². The molecular formula is C23H33F3N4O6S. The van der Waals surface area contributed by atoms with E-state index in [2.05, 4.69) is 9.72 Å². The van der Waals surface area contributed by atoms with Crippen molar-refractivity contribution < 1.29 is 40.6 Å². The van der Waals surface area contributed by atoms with Gasteiger partial charge in [-0.25, -0.2) is 9.78 Å². The summed E-state index contributed by atoms with van der Waals surface area (Å²) >= 11 is 0. The number of nitrogens with two attached hydrogens (primary N) is 1. The number of pyridine rings is 1. The van der Waals surface area contributed by atoms with Gasteiger partial charge in [0.2, 0.25) is 5.88 Å². The number of carbonyl (C=O) groups is 1. The Bertz CT molecular complexity index is 1030. The third-order valence-corrected chi connectivity index (χ3v) is 9.34. The topological polar surface area (TPSA) is 124 Å². The quantitative estimate of drug-likeness (QED) is 0.387. The first-order chi connectivity index (χ1) is 17.6. The fourth-order valence-corrected chi connectivity index (χ4v) is 7.15. The number of halogens is 3. The second-order valence-electron chi connectivity index (χ2n) is 9.70. The highest BCUT2D eigenvalue weighted by Gasteiger charge is 2.45. The molecule has 37 heavy (non-hydrogen) atoms. The molecule has 0 radical (unpaired) electrons.